The Morgan fingerprint density at radius 2 is 1.83 bits per heavy atom. The number of thiophene rings is 1. The van der Waals surface area contributed by atoms with Gasteiger partial charge in [-0.3, -0.25) is 0 Å². The van der Waals surface area contributed by atoms with Gasteiger partial charge in [-0.1, -0.05) is 30.0 Å². The summed E-state index contributed by atoms with van der Waals surface area (Å²) in [5.41, 5.74) is 1.09. The molecule has 0 fully saturated rings. The first-order chi connectivity index (χ1) is 8.88. The Morgan fingerprint density at radius 3 is 2.72 bits per heavy atom. The molecule has 0 saturated heterocycles. The van der Waals surface area contributed by atoms with Crippen LogP contribution in [0.3, 0.4) is 0 Å². The summed E-state index contributed by atoms with van der Waals surface area (Å²) in [5.74, 6) is 7.15. The summed E-state index contributed by atoms with van der Waals surface area (Å²) in [7, 11) is 0. The number of hydrogen-bond acceptors (Lipinski definition) is 2. The van der Waals surface area contributed by atoms with E-state index in [-0.39, 0.29) is 0 Å². The Bertz CT molecular complexity index is 757. The second-order valence-electron chi connectivity index (χ2n) is 4.08. The molecule has 3 aromatic rings. The number of fused-ring (bicyclic) bond motifs is 3. The smallest absolute Gasteiger partial charge is 0.0356 e. The van der Waals surface area contributed by atoms with Gasteiger partial charge in [0.1, 0.15) is 0 Å². The van der Waals surface area contributed by atoms with E-state index in [4.69, 9.17) is 0 Å². The number of rotatable bonds is 1. The van der Waals surface area contributed by atoms with Crippen LogP contribution in [0.4, 0.5) is 0 Å². The summed E-state index contributed by atoms with van der Waals surface area (Å²) >= 11 is 6.00. The van der Waals surface area contributed by atoms with Crippen molar-refractivity contribution in [2.24, 2.45) is 0 Å². The van der Waals surface area contributed by atoms with Gasteiger partial charge in [-0.25, -0.2) is 0 Å². The van der Waals surface area contributed by atoms with Crippen LogP contribution in [-0.2, 0) is 0 Å². The van der Waals surface area contributed by atoms with E-state index in [0.29, 0.717) is 0 Å². The van der Waals surface area contributed by atoms with Crippen LogP contribution in [0.25, 0.3) is 20.2 Å². The van der Waals surface area contributed by atoms with Gasteiger partial charge in [-0.15, -0.1) is 11.3 Å². The SMILES string of the molecule is SCCC#Cc1ccc2sc3ccccc3c2c1. The zero-order chi connectivity index (χ0) is 12.4. The molecule has 0 saturated carbocycles. The number of thiol groups is 1. The van der Waals surface area contributed by atoms with Crippen molar-refractivity contribution in [3.05, 3.63) is 48.0 Å². The monoisotopic (exact) mass is 268 g/mol. The first-order valence-electron chi connectivity index (χ1n) is 5.89. The van der Waals surface area contributed by atoms with E-state index in [1.54, 1.807) is 0 Å². The molecule has 2 aromatic carbocycles. The lowest BCUT2D eigenvalue weighted by Crippen LogP contribution is -1.74. The molecule has 0 aliphatic carbocycles. The van der Waals surface area contributed by atoms with Crippen molar-refractivity contribution in [1.82, 2.24) is 0 Å². The van der Waals surface area contributed by atoms with Gasteiger partial charge >= 0.3 is 0 Å². The van der Waals surface area contributed by atoms with Crippen LogP contribution in [0.5, 0.6) is 0 Å². The molecule has 1 heterocycles. The molecule has 18 heavy (non-hydrogen) atoms. The second kappa shape index (κ2) is 5.06. The quantitative estimate of drug-likeness (QED) is 0.479. The molecule has 0 nitrogen and oxygen atoms in total. The highest BCUT2D eigenvalue weighted by atomic mass is 32.1. The summed E-state index contributed by atoms with van der Waals surface area (Å²) in [6.45, 7) is 0. The molecule has 0 amide bonds. The molecule has 0 bridgehead atoms. The highest BCUT2D eigenvalue weighted by molar-refractivity contribution is 7.80. The first kappa shape index (κ1) is 11.6. The highest BCUT2D eigenvalue weighted by Gasteiger charge is 2.03. The van der Waals surface area contributed by atoms with Crippen molar-refractivity contribution < 1.29 is 0 Å². The molecular formula is C16H12S2. The Kier molecular flexibility index (Phi) is 3.27. The summed E-state index contributed by atoms with van der Waals surface area (Å²) in [6.07, 6.45) is 0.839. The average molecular weight is 268 g/mol. The number of benzene rings is 2. The van der Waals surface area contributed by atoms with E-state index in [0.717, 1.165) is 17.7 Å². The van der Waals surface area contributed by atoms with Crippen LogP contribution in [0.1, 0.15) is 12.0 Å². The maximum absolute atomic E-state index is 4.16. The zero-order valence-corrected chi connectivity index (χ0v) is 11.5. The van der Waals surface area contributed by atoms with E-state index in [1.165, 1.54) is 20.2 Å². The Hall–Kier alpha value is -1.43. The minimum atomic E-state index is 0.816. The fourth-order valence-corrected chi connectivity index (χ4v) is 3.22. The minimum absolute atomic E-state index is 0.816. The van der Waals surface area contributed by atoms with Crippen molar-refractivity contribution >= 4 is 44.1 Å². The lowest BCUT2D eigenvalue weighted by molar-refractivity contribution is 1.31. The molecule has 88 valence electrons. The summed E-state index contributed by atoms with van der Waals surface area (Å²) in [4.78, 5) is 0. The van der Waals surface area contributed by atoms with Crippen molar-refractivity contribution in [3.63, 3.8) is 0 Å². The summed E-state index contributed by atoms with van der Waals surface area (Å²) < 4.78 is 2.67. The van der Waals surface area contributed by atoms with Gasteiger partial charge in [0.25, 0.3) is 0 Å². The van der Waals surface area contributed by atoms with Crippen molar-refractivity contribution in [2.75, 3.05) is 5.75 Å². The molecule has 0 aliphatic heterocycles. The predicted molar refractivity (Wildman–Crippen MR) is 84.7 cm³/mol. The molecule has 3 rings (SSSR count). The lowest BCUT2D eigenvalue weighted by atomic mass is 10.1. The third-order valence-electron chi connectivity index (χ3n) is 2.85. The van der Waals surface area contributed by atoms with Gasteiger partial charge < -0.3 is 0 Å². The van der Waals surface area contributed by atoms with Crippen LogP contribution >= 0.6 is 24.0 Å². The molecule has 0 atom stereocenters. The molecule has 0 N–H and O–H groups in total. The average Bonchev–Trinajstić information content (AvgIpc) is 2.77. The Balaban J connectivity index is 2.16. The van der Waals surface area contributed by atoms with E-state index >= 15 is 0 Å². The van der Waals surface area contributed by atoms with E-state index in [1.807, 2.05) is 11.3 Å². The van der Waals surface area contributed by atoms with Crippen molar-refractivity contribution in [1.29, 1.82) is 0 Å². The number of hydrogen-bond donors (Lipinski definition) is 1. The summed E-state index contributed by atoms with van der Waals surface area (Å²) in [6, 6.07) is 15.0. The molecule has 2 heteroatoms. The molecule has 1 aromatic heterocycles. The molecule has 0 unspecified atom stereocenters. The molecule has 0 radical (unpaired) electrons. The van der Waals surface area contributed by atoms with Gasteiger partial charge in [0.2, 0.25) is 0 Å². The zero-order valence-electron chi connectivity index (χ0n) is 9.81. The third-order valence-corrected chi connectivity index (χ3v) is 4.22. The van der Waals surface area contributed by atoms with Crippen LogP contribution in [0.15, 0.2) is 42.5 Å². The fraction of sp³-hybridized carbons (Fsp3) is 0.125. The van der Waals surface area contributed by atoms with Gasteiger partial charge in [-0.2, -0.15) is 12.6 Å². The first-order valence-corrected chi connectivity index (χ1v) is 7.34. The molecule has 0 aliphatic rings. The standard InChI is InChI=1S/C16H12S2/c17-10-4-3-5-12-8-9-16-14(11-12)13-6-1-2-7-15(13)18-16/h1-2,6-9,11,17H,4,10H2. The molecule has 0 spiro atoms. The van der Waals surface area contributed by atoms with E-state index in [9.17, 15) is 0 Å². The Labute approximate surface area is 116 Å². The van der Waals surface area contributed by atoms with Crippen molar-refractivity contribution in [2.45, 2.75) is 6.42 Å². The minimum Gasteiger partial charge on any atom is -0.178 e. The van der Waals surface area contributed by atoms with Crippen LogP contribution in [0.2, 0.25) is 0 Å². The normalized spacial score (nSPS) is 10.5. The Morgan fingerprint density at radius 1 is 1.00 bits per heavy atom. The highest BCUT2D eigenvalue weighted by Crippen LogP contribution is 2.33. The maximum atomic E-state index is 4.16. The third kappa shape index (κ3) is 2.12. The maximum Gasteiger partial charge on any atom is 0.0356 e. The predicted octanol–water partition coefficient (Wildman–Crippen LogP) is 4.73. The van der Waals surface area contributed by atoms with Gasteiger partial charge in [0.15, 0.2) is 0 Å². The van der Waals surface area contributed by atoms with E-state index < -0.39 is 0 Å². The summed E-state index contributed by atoms with van der Waals surface area (Å²) in [5, 5.41) is 2.64. The lowest BCUT2D eigenvalue weighted by Gasteiger charge is -1.93. The largest absolute Gasteiger partial charge is 0.178 e. The van der Waals surface area contributed by atoms with Crippen molar-refractivity contribution in [3.8, 4) is 11.8 Å². The van der Waals surface area contributed by atoms with Crippen LogP contribution in [0, 0.1) is 11.8 Å². The molecular weight excluding hydrogens is 256 g/mol. The fourth-order valence-electron chi connectivity index (χ4n) is 2.02. The van der Waals surface area contributed by atoms with Gasteiger partial charge in [0.05, 0.1) is 0 Å². The van der Waals surface area contributed by atoms with Crippen LogP contribution in [-0.4, -0.2) is 5.75 Å². The van der Waals surface area contributed by atoms with Crippen LogP contribution < -0.4 is 0 Å². The second-order valence-corrected chi connectivity index (χ2v) is 5.62. The van der Waals surface area contributed by atoms with Gasteiger partial charge in [0, 0.05) is 37.9 Å². The topological polar surface area (TPSA) is 0 Å². The van der Waals surface area contributed by atoms with E-state index in [2.05, 4.69) is 66.9 Å². The van der Waals surface area contributed by atoms with Gasteiger partial charge in [-0.05, 0) is 24.3 Å².